The minimum Gasteiger partial charge on any atom is -0.497 e. The van der Waals surface area contributed by atoms with Crippen molar-refractivity contribution in [3.8, 4) is 11.5 Å². The summed E-state index contributed by atoms with van der Waals surface area (Å²) < 4.78 is 15.8. The van der Waals surface area contributed by atoms with Crippen molar-refractivity contribution in [3.05, 3.63) is 23.8 Å². The lowest BCUT2D eigenvalue weighted by atomic mass is 9.99. The molecule has 128 valence electrons. The second kappa shape index (κ2) is 7.24. The molecule has 1 saturated heterocycles. The fraction of sp³-hybridized carbons (Fsp3) is 0.533. The van der Waals surface area contributed by atoms with Crippen LogP contribution in [0.4, 0.5) is 0 Å². The third-order valence-electron chi connectivity index (χ3n) is 3.66. The van der Waals surface area contributed by atoms with Crippen molar-refractivity contribution in [1.29, 1.82) is 0 Å². The Morgan fingerprint density at radius 2 is 1.91 bits per heavy atom. The van der Waals surface area contributed by atoms with Gasteiger partial charge in [-0.1, -0.05) is 0 Å². The summed E-state index contributed by atoms with van der Waals surface area (Å²) in [5.41, 5.74) is 0.239. The van der Waals surface area contributed by atoms with Crippen LogP contribution in [-0.2, 0) is 4.74 Å². The van der Waals surface area contributed by atoms with Crippen LogP contribution in [-0.4, -0.2) is 70.6 Å². The smallest absolute Gasteiger partial charge is 0.229 e. The van der Waals surface area contributed by atoms with Crippen LogP contribution in [0.3, 0.4) is 0 Å². The lowest BCUT2D eigenvalue weighted by Crippen LogP contribution is -2.60. The van der Waals surface area contributed by atoms with Gasteiger partial charge in [-0.2, -0.15) is 0 Å². The number of carbonyl (C=O) groups is 1. The van der Waals surface area contributed by atoms with E-state index in [0.717, 1.165) is 0 Å². The summed E-state index contributed by atoms with van der Waals surface area (Å²) in [6, 6.07) is 4.52. The molecule has 5 atom stereocenters. The number of benzene rings is 1. The lowest BCUT2D eigenvalue weighted by molar-refractivity contribution is -0.277. The van der Waals surface area contributed by atoms with E-state index >= 15 is 0 Å². The molecule has 8 nitrogen and oxygen atoms in total. The first-order valence-corrected chi connectivity index (χ1v) is 7.05. The highest BCUT2D eigenvalue weighted by molar-refractivity contribution is 5.97. The van der Waals surface area contributed by atoms with Crippen molar-refractivity contribution in [1.82, 2.24) is 0 Å². The summed E-state index contributed by atoms with van der Waals surface area (Å²) in [4.78, 5) is 11.7. The van der Waals surface area contributed by atoms with Crippen LogP contribution < -0.4 is 9.47 Å². The number of rotatable bonds is 5. The maximum absolute atomic E-state index is 11.7. The van der Waals surface area contributed by atoms with E-state index < -0.39 is 37.3 Å². The van der Waals surface area contributed by atoms with Gasteiger partial charge in [0.15, 0.2) is 5.78 Å². The van der Waals surface area contributed by atoms with E-state index in [-0.39, 0.29) is 17.1 Å². The topological polar surface area (TPSA) is 126 Å². The third kappa shape index (κ3) is 3.62. The number of aliphatic hydroxyl groups is 4. The summed E-state index contributed by atoms with van der Waals surface area (Å²) in [6.45, 7) is 0.782. The van der Waals surface area contributed by atoms with E-state index in [1.807, 2.05) is 0 Å². The van der Waals surface area contributed by atoms with Gasteiger partial charge in [-0.3, -0.25) is 4.79 Å². The van der Waals surface area contributed by atoms with E-state index in [2.05, 4.69) is 0 Å². The Morgan fingerprint density at radius 3 is 2.48 bits per heavy atom. The van der Waals surface area contributed by atoms with Gasteiger partial charge in [0.05, 0.1) is 19.3 Å². The zero-order valence-corrected chi connectivity index (χ0v) is 12.7. The average molecular weight is 328 g/mol. The Balaban J connectivity index is 2.28. The van der Waals surface area contributed by atoms with Crippen LogP contribution in [0.2, 0.25) is 0 Å². The fourth-order valence-corrected chi connectivity index (χ4v) is 2.31. The molecule has 4 N–H and O–H groups in total. The summed E-state index contributed by atoms with van der Waals surface area (Å²) in [5.74, 6) is 0.253. The van der Waals surface area contributed by atoms with E-state index in [4.69, 9.17) is 19.3 Å². The van der Waals surface area contributed by atoms with Crippen molar-refractivity contribution in [2.45, 2.75) is 37.6 Å². The molecule has 0 aromatic heterocycles. The van der Waals surface area contributed by atoms with E-state index in [1.165, 1.54) is 26.2 Å². The number of hydrogen-bond donors (Lipinski definition) is 4. The molecule has 0 aliphatic carbocycles. The van der Waals surface area contributed by atoms with Crippen LogP contribution in [0.5, 0.6) is 11.5 Å². The third-order valence-corrected chi connectivity index (χ3v) is 3.66. The van der Waals surface area contributed by atoms with E-state index in [0.29, 0.717) is 5.75 Å². The number of Topliss-reactive ketones (excluding diaryl/α,β-unsaturated/α-hetero) is 1. The van der Waals surface area contributed by atoms with E-state index in [1.54, 1.807) is 6.07 Å². The Labute approximate surface area is 132 Å². The van der Waals surface area contributed by atoms with Crippen LogP contribution in [0, 0.1) is 0 Å². The highest BCUT2D eigenvalue weighted by Crippen LogP contribution is 2.29. The second-order valence-electron chi connectivity index (χ2n) is 5.23. The van der Waals surface area contributed by atoms with Crippen molar-refractivity contribution >= 4 is 5.78 Å². The molecule has 8 heteroatoms. The van der Waals surface area contributed by atoms with Gasteiger partial charge in [0.25, 0.3) is 0 Å². The zero-order valence-electron chi connectivity index (χ0n) is 12.7. The largest absolute Gasteiger partial charge is 0.497 e. The summed E-state index contributed by atoms with van der Waals surface area (Å²) >= 11 is 0. The first-order chi connectivity index (χ1) is 10.9. The van der Waals surface area contributed by atoms with Gasteiger partial charge in [-0.25, -0.2) is 0 Å². The molecule has 1 aliphatic heterocycles. The molecule has 0 amide bonds. The first-order valence-electron chi connectivity index (χ1n) is 7.05. The number of methoxy groups -OCH3 is 1. The average Bonchev–Trinajstić information content (AvgIpc) is 2.54. The molecule has 2 rings (SSSR count). The number of aliphatic hydroxyl groups excluding tert-OH is 4. The van der Waals surface area contributed by atoms with Crippen molar-refractivity contribution < 1.29 is 39.4 Å². The SMILES string of the molecule is COc1ccc(C(C)=O)c(O[C@@H]2O[C@H](CO)[C@@H](O)[C@H](O)[C@H]2O)c1. The summed E-state index contributed by atoms with van der Waals surface area (Å²) in [5, 5.41) is 38.7. The molecule has 1 aliphatic rings. The van der Waals surface area contributed by atoms with Gasteiger partial charge in [0.2, 0.25) is 6.29 Å². The fourth-order valence-electron chi connectivity index (χ4n) is 2.31. The van der Waals surface area contributed by atoms with Gasteiger partial charge in [-0.05, 0) is 19.1 Å². The molecule has 0 saturated carbocycles. The number of ether oxygens (including phenoxy) is 3. The monoisotopic (exact) mass is 328 g/mol. The maximum Gasteiger partial charge on any atom is 0.229 e. The molecular formula is C15H20O8. The summed E-state index contributed by atoms with van der Waals surface area (Å²) in [7, 11) is 1.44. The van der Waals surface area contributed by atoms with Gasteiger partial charge >= 0.3 is 0 Å². The Bertz CT molecular complexity index is 558. The predicted octanol–water partition coefficient (Wildman–Crippen LogP) is -0.924. The zero-order chi connectivity index (χ0) is 17.1. The van der Waals surface area contributed by atoms with Gasteiger partial charge in [0.1, 0.15) is 35.9 Å². The van der Waals surface area contributed by atoms with Gasteiger partial charge in [0, 0.05) is 6.07 Å². The molecule has 23 heavy (non-hydrogen) atoms. The second-order valence-corrected chi connectivity index (χ2v) is 5.23. The summed E-state index contributed by atoms with van der Waals surface area (Å²) in [6.07, 6.45) is -7.05. The minimum atomic E-state index is -1.56. The molecule has 0 spiro atoms. The number of hydrogen-bond acceptors (Lipinski definition) is 8. The molecule has 0 bridgehead atoms. The lowest BCUT2D eigenvalue weighted by Gasteiger charge is -2.39. The molecule has 1 heterocycles. The van der Waals surface area contributed by atoms with E-state index in [9.17, 15) is 20.1 Å². The quantitative estimate of drug-likeness (QED) is 0.511. The van der Waals surface area contributed by atoms with Crippen LogP contribution in [0.25, 0.3) is 0 Å². The Kier molecular flexibility index (Phi) is 5.55. The van der Waals surface area contributed by atoms with Gasteiger partial charge < -0.3 is 34.6 Å². The Hall–Kier alpha value is -1.71. The Morgan fingerprint density at radius 1 is 1.22 bits per heavy atom. The van der Waals surface area contributed by atoms with Crippen molar-refractivity contribution in [2.75, 3.05) is 13.7 Å². The number of ketones is 1. The van der Waals surface area contributed by atoms with Crippen LogP contribution in [0.15, 0.2) is 18.2 Å². The van der Waals surface area contributed by atoms with Crippen molar-refractivity contribution in [3.63, 3.8) is 0 Å². The maximum atomic E-state index is 11.7. The van der Waals surface area contributed by atoms with Crippen LogP contribution in [0.1, 0.15) is 17.3 Å². The molecule has 1 aromatic carbocycles. The molecule has 1 fully saturated rings. The van der Waals surface area contributed by atoms with Crippen molar-refractivity contribution in [2.24, 2.45) is 0 Å². The molecular weight excluding hydrogens is 308 g/mol. The normalized spacial score (nSPS) is 30.8. The molecule has 0 unspecified atom stereocenters. The predicted molar refractivity (Wildman–Crippen MR) is 77.4 cm³/mol. The van der Waals surface area contributed by atoms with Crippen LogP contribution >= 0.6 is 0 Å². The molecule has 1 aromatic rings. The first kappa shape index (κ1) is 17.6. The minimum absolute atomic E-state index is 0.0983. The standard InChI is InChI=1S/C15H20O8/c1-7(17)9-4-3-8(21-2)5-10(9)22-15-14(20)13(19)12(18)11(6-16)23-15/h3-5,11-16,18-20H,6H2,1-2H3/t11-,12-,13+,14-,15-/m1/s1. The number of carbonyl (C=O) groups excluding carboxylic acids is 1. The molecule has 0 radical (unpaired) electrons. The highest BCUT2D eigenvalue weighted by Gasteiger charge is 2.44. The highest BCUT2D eigenvalue weighted by atomic mass is 16.7. The van der Waals surface area contributed by atoms with Gasteiger partial charge in [-0.15, -0.1) is 0 Å².